The topological polar surface area (TPSA) is 0 Å². The molecule has 0 aromatic heterocycles. The van der Waals surface area contributed by atoms with E-state index in [2.05, 4.69) is 77.9 Å². The predicted octanol–water partition coefficient (Wildman–Crippen LogP) is 5.47. The van der Waals surface area contributed by atoms with E-state index in [-0.39, 0.29) is 10.8 Å². The van der Waals surface area contributed by atoms with Crippen LogP contribution in [0, 0.1) is 12.3 Å². The van der Waals surface area contributed by atoms with Crippen molar-refractivity contribution in [2.24, 2.45) is 5.41 Å². The van der Waals surface area contributed by atoms with Gasteiger partial charge in [0.2, 0.25) is 0 Å². The number of aryl methyl sites for hydroxylation is 1. The van der Waals surface area contributed by atoms with Gasteiger partial charge in [0.15, 0.2) is 0 Å². The van der Waals surface area contributed by atoms with Crippen molar-refractivity contribution in [2.45, 2.75) is 47.0 Å². The lowest BCUT2D eigenvalue weighted by atomic mass is 9.63. The Kier molecular flexibility index (Phi) is 3.01. The minimum atomic E-state index is 0.151. The van der Waals surface area contributed by atoms with E-state index in [9.17, 15) is 0 Å². The minimum absolute atomic E-state index is 0.151. The zero-order valence-electron chi connectivity index (χ0n) is 12.5. The van der Waals surface area contributed by atoms with E-state index in [1.54, 1.807) is 0 Å². The van der Waals surface area contributed by atoms with Crippen molar-refractivity contribution >= 4 is 10.8 Å². The number of fused-ring (bicyclic) bond motifs is 1. The van der Waals surface area contributed by atoms with Crippen LogP contribution in [0.2, 0.25) is 0 Å². The Morgan fingerprint density at radius 1 is 0.778 bits per heavy atom. The molecule has 0 aliphatic heterocycles. The summed E-state index contributed by atoms with van der Waals surface area (Å²) in [6, 6.07) is 13.2. The van der Waals surface area contributed by atoms with E-state index in [1.165, 1.54) is 21.9 Å². The zero-order valence-corrected chi connectivity index (χ0v) is 12.5. The molecule has 0 heterocycles. The lowest BCUT2D eigenvalue weighted by Crippen LogP contribution is -2.34. The van der Waals surface area contributed by atoms with E-state index >= 15 is 0 Å². The molecule has 0 bridgehead atoms. The first-order valence-electron chi connectivity index (χ1n) is 6.74. The third-order valence-electron chi connectivity index (χ3n) is 4.64. The molecule has 0 fully saturated rings. The van der Waals surface area contributed by atoms with E-state index in [0.717, 1.165) is 0 Å². The maximum Gasteiger partial charge on any atom is -0.00463 e. The summed E-state index contributed by atoms with van der Waals surface area (Å²) in [4.78, 5) is 0. The van der Waals surface area contributed by atoms with Crippen molar-refractivity contribution in [1.29, 1.82) is 0 Å². The Morgan fingerprint density at radius 2 is 1.39 bits per heavy atom. The van der Waals surface area contributed by atoms with Crippen LogP contribution in [0.4, 0.5) is 0 Å². The molecule has 0 N–H and O–H groups in total. The van der Waals surface area contributed by atoms with Gasteiger partial charge in [-0.05, 0) is 39.7 Å². The van der Waals surface area contributed by atoms with Crippen LogP contribution < -0.4 is 0 Å². The standard InChI is InChI=1S/C18H24/c1-13-11-12-14-9-7-8-10-15(14)16(13)18(5,6)17(2,3)4/h7-12H,1-6H3. The molecule has 0 radical (unpaired) electrons. The van der Waals surface area contributed by atoms with Crippen LogP contribution in [0.25, 0.3) is 10.8 Å². The number of benzene rings is 2. The first kappa shape index (κ1) is 13.1. The Bertz CT molecular complexity index is 568. The van der Waals surface area contributed by atoms with E-state index in [0.29, 0.717) is 0 Å². The van der Waals surface area contributed by atoms with Gasteiger partial charge in [0, 0.05) is 0 Å². The first-order chi connectivity index (χ1) is 8.25. The Hall–Kier alpha value is -1.30. The Labute approximate surface area is 111 Å². The van der Waals surface area contributed by atoms with Gasteiger partial charge in [0.1, 0.15) is 0 Å². The number of hydrogen-bond donors (Lipinski definition) is 0. The summed E-state index contributed by atoms with van der Waals surface area (Å²) in [6.07, 6.45) is 0. The smallest absolute Gasteiger partial charge is 0.00463 e. The molecule has 0 aliphatic carbocycles. The average Bonchev–Trinajstić information content (AvgIpc) is 2.26. The lowest BCUT2D eigenvalue weighted by Gasteiger charge is -2.41. The normalized spacial score (nSPS) is 13.0. The van der Waals surface area contributed by atoms with Crippen LogP contribution in [0.5, 0.6) is 0 Å². The summed E-state index contributed by atoms with van der Waals surface area (Å²) in [5.74, 6) is 0. The van der Waals surface area contributed by atoms with Crippen molar-refractivity contribution in [2.75, 3.05) is 0 Å². The van der Waals surface area contributed by atoms with Crippen molar-refractivity contribution in [1.82, 2.24) is 0 Å². The SMILES string of the molecule is Cc1ccc2ccccc2c1C(C)(C)C(C)(C)C. The first-order valence-corrected chi connectivity index (χ1v) is 6.74. The summed E-state index contributed by atoms with van der Waals surface area (Å²) in [7, 11) is 0. The zero-order chi connectivity index (χ0) is 13.6. The average molecular weight is 240 g/mol. The lowest BCUT2D eigenvalue weighted by molar-refractivity contribution is 0.226. The molecule has 0 aliphatic rings. The summed E-state index contributed by atoms with van der Waals surface area (Å²) < 4.78 is 0. The second-order valence-electron chi connectivity index (χ2n) is 6.85. The maximum atomic E-state index is 2.36. The van der Waals surface area contributed by atoms with E-state index in [1.807, 2.05) is 0 Å². The molecule has 0 spiro atoms. The highest BCUT2D eigenvalue weighted by atomic mass is 14.4. The third kappa shape index (κ3) is 1.94. The summed E-state index contributed by atoms with van der Waals surface area (Å²) >= 11 is 0. The third-order valence-corrected chi connectivity index (χ3v) is 4.64. The molecule has 0 heteroatoms. The predicted molar refractivity (Wildman–Crippen MR) is 81.2 cm³/mol. The molecule has 18 heavy (non-hydrogen) atoms. The van der Waals surface area contributed by atoms with Crippen molar-refractivity contribution in [3.63, 3.8) is 0 Å². The van der Waals surface area contributed by atoms with Crippen LogP contribution in [0.15, 0.2) is 36.4 Å². The molecule has 0 nitrogen and oxygen atoms in total. The molecule has 0 amide bonds. The fourth-order valence-electron chi connectivity index (χ4n) is 2.59. The summed E-state index contributed by atoms with van der Waals surface area (Å²) in [5, 5.41) is 2.74. The highest BCUT2D eigenvalue weighted by molar-refractivity contribution is 5.87. The fourth-order valence-corrected chi connectivity index (χ4v) is 2.59. The largest absolute Gasteiger partial charge is 0.0616 e. The van der Waals surface area contributed by atoms with Gasteiger partial charge in [-0.15, -0.1) is 0 Å². The molecule has 96 valence electrons. The van der Waals surface area contributed by atoms with Crippen molar-refractivity contribution in [3.05, 3.63) is 47.5 Å². The number of hydrogen-bond acceptors (Lipinski definition) is 0. The molecule has 0 unspecified atom stereocenters. The van der Waals surface area contributed by atoms with Crippen molar-refractivity contribution < 1.29 is 0 Å². The summed E-state index contributed by atoms with van der Waals surface area (Å²) in [5.41, 5.74) is 3.28. The second-order valence-corrected chi connectivity index (χ2v) is 6.85. The van der Waals surface area contributed by atoms with Gasteiger partial charge in [0.05, 0.1) is 0 Å². The number of rotatable bonds is 1. The van der Waals surface area contributed by atoms with Crippen LogP contribution >= 0.6 is 0 Å². The highest BCUT2D eigenvalue weighted by Gasteiger charge is 2.36. The van der Waals surface area contributed by atoms with Gasteiger partial charge < -0.3 is 0 Å². The van der Waals surface area contributed by atoms with Crippen LogP contribution in [0.1, 0.15) is 45.7 Å². The maximum absolute atomic E-state index is 2.36. The van der Waals surface area contributed by atoms with E-state index < -0.39 is 0 Å². The molecular weight excluding hydrogens is 216 g/mol. The van der Waals surface area contributed by atoms with Crippen LogP contribution in [0.3, 0.4) is 0 Å². The molecule has 2 aromatic rings. The highest BCUT2D eigenvalue weighted by Crippen LogP contribution is 2.44. The Morgan fingerprint density at radius 3 is 2.00 bits per heavy atom. The Balaban J connectivity index is 2.82. The van der Waals surface area contributed by atoms with Gasteiger partial charge in [-0.2, -0.15) is 0 Å². The second kappa shape index (κ2) is 4.12. The molecule has 2 rings (SSSR count). The summed E-state index contributed by atoms with van der Waals surface area (Å²) in [6.45, 7) is 13.9. The van der Waals surface area contributed by atoms with Crippen molar-refractivity contribution in [3.8, 4) is 0 Å². The van der Waals surface area contributed by atoms with Gasteiger partial charge in [0.25, 0.3) is 0 Å². The molecular formula is C18H24. The monoisotopic (exact) mass is 240 g/mol. The fraction of sp³-hybridized carbons (Fsp3) is 0.444. The quantitative estimate of drug-likeness (QED) is 0.620. The molecule has 2 aromatic carbocycles. The molecule has 0 atom stereocenters. The van der Waals surface area contributed by atoms with Gasteiger partial charge >= 0.3 is 0 Å². The van der Waals surface area contributed by atoms with Gasteiger partial charge in [-0.1, -0.05) is 71.0 Å². The minimum Gasteiger partial charge on any atom is -0.0616 e. The van der Waals surface area contributed by atoms with E-state index in [4.69, 9.17) is 0 Å². The van der Waals surface area contributed by atoms with Crippen LogP contribution in [-0.2, 0) is 5.41 Å². The molecule has 0 saturated carbocycles. The van der Waals surface area contributed by atoms with Crippen LogP contribution in [-0.4, -0.2) is 0 Å². The molecule has 0 saturated heterocycles. The van der Waals surface area contributed by atoms with Gasteiger partial charge in [-0.3, -0.25) is 0 Å². The van der Waals surface area contributed by atoms with Gasteiger partial charge in [-0.25, -0.2) is 0 Å².